The van der Waals surface area contributed by atoms with Gasteiger partial charge in [0, 0.05) is 17.7 Å². The number of ether oxygens (including phenoxy) is 1. The SMILES string of the molecule is COC(=O)c1cc(C#CCN)cc([N+](=O)[O-])c1. The third kappa shape index (κ3) is 3.29. The van der Waals surface area contributed by atoms with Gasteiger partial charge >= 0.3 is 5.97 Å². The van der Waals surface area contributed by atoms with E-state index in [9.17, 15) is 14.9 Å². The van der Waals surface area contributed by atoms with E-state index in [2.05, 4.69) is 16.6 Å². The van der Waals surface area contributed by atoms with Crippen molar-refractivity contribution < 1.29 is 14.5 Å². The molecule has 2 N–H and O–H groups in total. The van der Waals surface area contributed by atoms with Crippen LogP contribution in [-0.2, 0) is 4.74 Å². The first-order valence-corrected chi connectivity index (χ1v) is 4.65. The second-order valence-electron chi connectivity index (χ2n) is 3.02. The van der Waals surface area contributed by atoms with Gasteiger partial charge in [0.1, 0.15) is 0 Å². The molecule has 17 heavy (non-hydrogen) atoms. The van der Waals surface area contributed by atoms with Crippen molar-refractivity contribution in [2.24, 2.45) is 5.73 Å². The summed E-state index contributed by atoms with van der Waals surface area (Å²) >= 11 is 0. The van der Waals surface area contributed by atoms with Gasteiger partial charge in [-0.2, -0.15) is 0 Å². The molecule has 1 aromatic carbocycles. The summed E-state index contributed by atoms with van der Waals surface area (Å²) in [6.45, 7) is 0.135. The average Bonchev–Trinajstić information content (AvgIpc) is 2.34. The maximum atomic E-state index is 11.3. The molecule has 0 aliphatic heterocycles. The Kier molecular flexibility index (Phi) is 4.20. The molecule has 0 unspecified atom stereocenters. The summed E-state index contributed by atoms with van der Waals surface area (Å²) in [5.74, 6) is 4.54. The molecule has 0 aliphatic rings. The van der Waals surface area contributed by atoms with E-state index in [1.54, 1.807) is 0 Å². The van der Waals surface area contributed by atoms with Crippen LogP contribution in [0.1, 0.15) is 15.9 Å². The summed E-state index contributed by atoms with van der Waals surface area (Å²) in [6, 6.07) is 3.83. The summed E-state index contributed by atoms with van der Waals surface area (Å²) in [7, 11) is 1.20. The largest absolute Gasteiger partial charge is 0.465 e. The topological polar surface area (TPSA) is 95.5 Å². The first-order chi connectivity index (χ1) is 8.08. The van der Waals surface area contributed by atoms with Crippen molar-refractivity contribution >= 4 is 11.7 Å². The van der Waals surface area contributed by atoms with Gasteiger partial charge in [-0.1, -0.05) is 11.8 Å². The second-order valence-corrected chi connectivity index (χ2v) is 3.02. The van der Waals surface area contributed by atoms with E-state index in [1.165, 1.54) is 19.2 Å². The Morgan fingerprint density at radius 1 is 1.53 bits per heavy atom. The lowest BCUT2D eigenvalue weighted by molar-refractivity contribution is -0.384. The van der Waals surface area contributed by atoms with Crippen molar-refractivity contribution in [3.63, 3.8) is 0 Å². The molecule has 1 aromatic rings. The molecule has 88 valence electrons. The van der Waals surface area contributed by atoms with E-state index in [0.717, 1.165) is 6.07 Å². The summed E-state index contributed by atoms with van der Waals surface area (Å²) in [5.41, 5.74) is 5.42. The molecule has 0 spiro atoms. The number of nitrogens with two attached hydrogens (primary N) is 1. The number of hydrogen-bond donors (Lipinski definition) is 1. The van der Waals surface area contributed by atoms with Crippen LogP contribution in [0.25, 0.3) is 0 Å². The van der Waals surface area contributed by atoms with Crippen LogP contribution in [0.3, 0.4) is 0 Å². The fraction of sp³-hybridized carbons (Fsp3) is 0.182. The number of rotatable bonds is 2. The number of nitro benzene ring substituents is 1. The van der Waals surface area contributed by atoms with Crippen molar-refractivity contribution in [2.45, 2.75) is 0 Å². The van der Waals surface area contributed by atoms with Gasteiger partial charge in [0.15, 0.2) is 0 Å². The zero-order valence-corrected chi connectivity index (χ0v) is 9.10. The van der Waals surface area contributed by atoms with Crippen LogP contribution in [0.15, 0.2) is 18.2 Å². The molecule has 0 aliphatic carbocycles. The molecule has 0 amide bonds. The van der Waals surface area contributed by atoms with Crippen molar-refractivity contribution in [1.29, 1.82) is 0 Å². The molecule has 0 radical (unpaired) electrons. The standard InChI is InChI=1S/C11H10N2O4/c1-17-11(14)9-5-8(3-2-4-12)6-10(7-9)13(15)16/h5-7H,4,12H2,1H3. The molecule has 6 nitrogen and oxygen atoms in total. The Bertz CT molecular complexity index is 514. The maximum Gasteiger partial charge on any atom is 0.338 e. The van der Waals surface area contributed by atoms with Crippen molar-refractivity contribution in [1.82, 2.24) is 0 Å². The van der Waals surface area contributed by atoms with Gasteiger partial charge in [-0.3, -0.25) is 10.1 Å². The van der Waals surface area contributed by atoms with Gasteiger partial charge in [-0.05, 0) is 6.07 Å². The third-order valence-electron chi connectivity index (χ3n) is 1.88. The molecule has 1 rings (SSSR count). The highest BCUT2D eigenvalue weighted by molar-refractivity contribution is 5.90. The number of nitrogens with zero attached hydrogens (tertiary/aromatic N) is 1. The highest BCUT2D eigenvalue weighted by Gasteiger charge is 2.13. The lowest BCUT2D eigenvalue weighted by Gasteiger charge is -2.00. The van der Waals surface area contributed by atoms with Gasteiger partial charge in [0.25, 0.3) is 5.69 Å². The van der Waals surface area contributed by atoms with Crippen molar-refractivity contribution in [2.75, 3.05) is 13.7 Å². The van der Waals surface area contributed by atoms with Crippen LogP contribution in [0, 0.1) is 22.0 Å². The van der Waals surface area contributed by atoms with E-state index in [0.29, 0.717) is 5.56 Å². The van der Waals surface area contributed by atoms with Crippen LogP contribution in [0.4, 0.5) is 5.69 Å². The number of methoxy groups -OCH3 is 1. The molecule has 0 aromatic heterocycles. The van der Waals surface area contributed by atoms with Crippen LogP contribution in [-0.4, -0.2) is 24.5 Å². The normalized spacial score (nSPS) is 9.06. The minimum absolute atomic E-state index is 0.0861. The second kappa shape index (κ2) is 5.63. The van der Waals surface area contributed by atoms with Crippen molar-refractivity contribution in [3.8, 4) is 11.8 Å². The van der Waals surface area contributed by atoms with Gasteiger partial charge in [-0.25, -0.2) is 4.79 Å². The van der Waals surface area contributed by atoms with E-state index in [-0.39, 0.29) is 17.8 Å². The Labute approximate surface area is 97.5 Å². The zero-order chi connectivity index (χ0) is 12.8. The summed E-state index contributed by atoms with van der Waals surface area (Å²) in [6.07, 6.45) is 0. The molecular weight excluding hydrogens is 224 g/mol. The summed E-state index contributed by atoms with van der Waals surface area (Å²) in [4.78, 5) is 21.4. The number of carbonyl (C=O) groups is 1. The highest BCUT2D eigenvalue weighted by atomic mass is 16.6. The van der Waals surface area contributed by atoms with E-state index < -0.39 is 10.9 Å². The van der Waals surface area contributed by atoms with E-state index in [4.69, 9.17) is 5.73 Å². The predicted molar refractivity (Wildman–Crippen MR) is 60.4 cm³/mol. The third-order valence-corrected chi connectivity index (χ3v) is 1.88. The number of nitro groups is 1. The smallest absolute Gasteiger partial charge is 0.338 e. The number of esters is 1. The Balaban J connectivity index is 3.28. The minimum Gasteiger partial charge on any atom is -0.465 e. The molecule has 0 atom stereocenters. The lowest BCUT2D eigenvalue weighted by atomic mass is 10.1. The van der Waals surface area contributed by atoms with Crippen LogP contribution >= 0.6 is 0 Å². The predicted octanol–water partition coefficient (Wildman–Crippen LogP) is 0.692. The molecule has 0 saturated carbocycles. The first kappa shape index (κ1) is 12.7. The monoisotopic (exact) mass is 234 g/mol. The first-order valence-electron chi connectivity index (χ1n) is 4.65. The van der Waals surface area contributed by atoms with Crippen LogP contribution in [0.5, 0.6) is 0 Å². The fourth-order valence-electron chi connectivity index (χ4n) is 1.18. The molecule has 0 bridgehead atoms. The minimum atomic E-state index is -0.649. The Morgan fingerprint density at radius 2 is 2.24 bits per heavy atom. The average molecular weight is 234 g/mol. The van der Waals surface area contributed by atoms with Gasteiger partial charge in [-0.15, -0.1) is 0 Å². The molecule has 6 heteroatoms. The van der Waals surface area contributed by atoms with Crippen molar-refractivity contribution in [3.05, 3.63) is 39.4 Å². The Hall–Kier alpha value is -2.39. The van der Waals surface area contributed by atoms with E-state index in [1.807, 2.05) is 0 Å². The zero-order valence-electron chi connectivity index (χ0n) is 9.10. The lowest BCUT2D eigenvalue weighted by Crippen LogP contribution is -2.03. The summed E-state index contributed by atoms with van der Waals surface area (Å²) in [5, 5.41) is 10.7. The molecular formula is C11H10N2O4. The van der Waals surface area contributed by atoms with E-state index >= 15 is 0 Å². The fourth-order valence-corrected chi connectivity index (χ4v) is 1.18. The quantitative estimate of drug-likeness (QED) is 0.351. The molecule has 0 heterocycles. The van der Waals surface area contributed by atoms with Gasteiger partial charge < -0.3 is 10.5 Å². The van der Waals surface area contributed by atoms with Crippen LogP contribution < -0.4 is 5.73 Å². The highest BCUT2D eigenvalue weighted by Crippen LogP contribution is 2.17. The number of benzene rings is 1. The van der Waals surface area contributed by atoms with Crippen LogP contribution in [0.2, 0.25) is 0 Å². The van der Waals surface area contributed by atoms with Gasteiger partial charge in [0.05, 0.1) is 24.1 Å². The number of non-ortho nitro benzene ring substituents is 1. The number of hydrogen-bond acceptors (Lipinski definition) is 5. The maximum absolute atomic E-state index is 11.3. The number of carbonyl (C=O) groups excluding carboxylic acids is 1. The molecule has 0 saturated heterocycles. The molecule has 0 fully saturated rings. The Morgan fingerprint density at radius 3 is 2.76 bits per heavy atom. The van der Waals surface area contributed by atoms with Gasteiger partial charge in [0.2, 0.25) is 0 Å². The summed E-state index contributed by atoms with van der Waals surface area (Å²) < 4.78 is 4.50.